The molecule has 0 aliphatic carbocycles. The Bertz CT molecular complexity index is 574. The van der Waals surface area contributed by atoms with Crippen LogP contribution in [0.15, 0.2) is 28.7 Å². The first-order valence-electron chi connectivity index (χ1n) is 5.56. The highest BCUT2D eigenvalue weighted by molar-refractivity contribution is 9.10. The molecule has 90 valence electrons. The van der Waals surface area contributed by atoms with Gasteiger partial charge in [-0.2, -0.15) is 0 Å². The summed E-state index contributed by atoms with van der Waals surface area (Å²) in [5.74, 6) is -1.28. The number of carbonyl (C=O) groups is 1. The number of aromatic nitrogens is 1. The standard InChI is InChI=1S/C13H14BrNO2/c1-3-15-11(8(2)13(16)17)6-9-4-5-10(14)7-12(9)15/h4-8H,3H2,1-2H3,(H,16,17). The number of nitrogens with zero attached hydrogens (tertiary/aromatic N) is 1. The number of hydrogen-bond acceptors (Lipinski definition) is 1. The molecule has 0 spiro atoms. The highest BCUT2D eigenvalue weighted by atomic mass is 79.9. The number of fused-ring (bicyclic) bond motifs is 1. The van der Waals surface area contributed by atoms with E-state index < -0.39 is 11.9 Å². The van der Waals surface area contributed by atoms with Gasteiger partial charge in [-0.15, -0.1) is 0 Å². The van der Waals surface area contributed by atoms with Gasteiger partial charge in [-0.25, -0.2) is 0 Å². The van der Waals surface area contributed by atoms with E-state index in [4.69, 9.17) is 5.11 Å². The molecule has 0 aliphatic rings. The van der Waals surface area contributed by atoms with Crippen molar-refractivity contribution < 1.29 is 9.90 Å². The van der Waals surface area contributed by atoms with E-state index in [0.29, 0.717) is 0 Å². The molecule has 0 saturated heterocycles. The molecule has 1 aromatic heterocycles. The lowest BCUT2D eigenvalue weighted by molar-refractivity contribution is -0.138. The zero-order valence-corrected chi connectivity index (χ0v) is 11.4. The van der Waals surface area contributed by atoms with E-state index in [1.165, 1.54) is 0 Å². The van der Waals surface area contributed by atoms with E-state index in [1.54, 1.807) is 6.92 Å². The maximum Gasteiger partial charge on any atom is 0.312 e. The maximum absolute atomic E-state index is 11.1. The number of benzene rings is 1. The molecule has 0 aliphatic heterocycles. The third kappa shape index (κ3) is 2.09. The second kappa shape index (κ2) is 4.53. The van der Waals surface area contributed by atoms with Gasteiger partial charge in [-0.1, -0.05) is 22.0 Å². The van der Waals surface area contributed by atoms with Crippen molar-refractivity contribution in [3.63, 3.8) is 0 Å². The van der Waals surface area contributed by atoms with E-state index in [-0.39, 0.29) is 0 Å². The molecule has 0 fully saturated rings. The average Bonchev–Trinajstić information content (AvgIpc) is 2.65. The second-order valence-electron chi connectivity index (χ2n) is 4.08. The van der Waals surface area contributed by atoms with Crippen LogP contribution in [0.2, 0.25) is 0 Å². The van der Waals surface area contributed by atoms with E-state index >= 15 is 0 Å². The molecule has 1 unspecified atom stereocenters. The fourth-order valence-corrected chi connectivity index (χ4v) is 2.44. The van der Waals surface area contributed by atoms with Crippen molar-refractivity contribution in [2.75, 3.05) is 0 Å². The number of aryl methyl sites for hydroxylation is 1. The lowest BCUT2D eigenvalue weighted by Gasteiger charge is -2.11. The van der Waals surface area contributed by atoms with Crippen LogP contribution in [0.1, 0.15) is 25.5 Å². The van der Waals surface area contributed by atoms with Gasteiger partial charge in [0.15, 0.2) is 0 Å². The molecule has 17 heavy (non-hydrogen) atoms. The highest BCUT2D eigenvalue weighted by Gasteiger charge is 2.19. The minimum absolute atomic E-state index is 0.485. The third-order valence-electron chi connectivity index (χ3n) is 3.03. The number of carboxylic acid groups (broad SMARTS) is 1. The average molecular weight is 296 g/mol. The van der Waals surface area contributed by atoms with Gasteiger partial charge < -0.3 is 9.67 Å². The van der Waals surface area contributed by atoms with Crippen molar-refractivity contribution >= 4 is 32.8 Å². The zero-order chi connectivity index (χ0) is 12.6. The molecular formula is C13H14BrNO2. The Balaban J connectivity index is 2.68. The molecule has 4 heteroatoms. The summed E-state index contributed by atoms with van der Waals surface area (Å²) in [6, 6.07) is 7.96. The summed E-state index contributed by atoms with van der Waals surface area (Å²) < 4.78 is 3.06. The fourth-order valence-electron chi connectivity index (χ4n) is 2.09. The Morgan fingerprint density at radius 1 is 1.47 bits per heavy atom. The number of halogens is 1. The van der Waals surface area contributed by atoms with Crippen molar-refractivity contribution in [1.29, 1.82) is 0 Å². The van der Waals surface area contributed by atoms with Gasteiger partial charge in [0.2, 0.25) is 0 Å². The lowest BCUT2D eigenvalue weighted by atomic mass is 10.1. The molecule has 2 aromatic rings. The monoisotopic (exact) mass is 295 g/mol. The largest absolute Gasteiger partial charge is 0.481 e. The van der Waals surface area contributed by atoms with Crippen molar-refractivity contribution in [2.45, 2.75) is 26.3 Å². The molecule has 1 N–H and O–H groups in total. The minimum Gasteiger partial charge on any atom is -0.481 e. The maximum atomic E-state index is 11.1. The Hall–Kier alpha value is -1.29. The van der Waals surface area contributed by atoms with Crippen LogP contribution >= 0.6 is 15.9 Å². The fraction of sp³-hybridized carbons (Fsp3) is 0.308. The molecule has 1 aromatic carbocycles. The SMILES string of the molecule is CCn1c(C(C)C(=O)O)cc2ccc(Br)cc21. The zero-order valence-electron chi connectivity index (χ0n) is 9.77. The molecule has 0 radical (unpaired) electrons. The first-order chi connectivity index (χ1) is 8.04. The summed E-state index contributed by atoms with van der Waals surface area (Å²) in [5, 5.41) is 10.2. The van der Waals surface area contributed by atoms with E-state index in [2.05, 4.69) is 20.5 Å². The topological polar surface area (TPSA) is 42.2 Å². The van der Waals surface area contributed by atoms with Crippen molar-refractivity contribution in [2.24, 2.45) is 0 Å². The van der Waals surface area contributed by atoms with Crippen LogP contribution < -0.4 is 0 Å². The molecule has 1 heterocycles. The van der Waals surface area contributed by atoms with Gasteiger partial charge in [0.05, 0.1) is 5.92 Å². The Morgan fingerprint density at radius 2 is 2.18 bits per heavy atom. The van der Waals surface area contributed by atoms with Gasteiger partial charge in [-0.3, -0.25) is 4.79 Å². The summed E-state index contributed by atoms with van der Waals surface area (Å²) in [7, 11) is 0. The molecule has 3 nitrogen and oxygen atoms in total. The smallest absolute Gasteiger partial charge is 0.312 e. The summed E-state index contributed by atoms with van der Waals surface area (Å²) in [5.41, 5.74) is 1.93. The van der Waals surface area contributed by atoms with Crippen molar-refractivity contribution in [3.05, 3.63) is 34.4 Å². The molecule has 0 amide bonds. The van der Waals surface area contributed by atoms with Crippen LogP contribution in [0.4, 0.5) is 0 Å². The van der Waals surface area contributed by atoms with E-state index in [0.717, 1.165) is 27.6 Å². The third-order valence-corrected chi connectivity index (χ3v) is 3.52. The van der Waals surface area contributed by atoms with Gasteiger partial charge in [0.25, 0.3) is 0 Å². The Kier molecular flexibility index (Phi) is 3.24. The molecular weight excluding hydrogens is 282 g/mol. The number of aliphatic carboxylic acids is 1. The first-order valence-corrected chi connectivity index (χ1v) is 6.35. The highest BCUT2D eigenvalue weighted by Crippen LogP contribution is 2.28. The normalized spacial score (nSPS) is 12.9. The van der Waals surface area contributed by atoms with Crippen LogP contribution in [0.25, 0.3) is 10.9 Å². The molecule has 0 saturated carbocycles. The number of hydrogen-bond donors (Lipinski definition) is 1. The van der Waals surface area contributed by atoms with Crippen LogP contribution in [0, 0.1) is 0 Å². The van der Waals surface area contributed by atoms with Crippen LogP contribution in [-0.4, -0.2) is 15.6 Å². The van der Waals surface area contributed by atoms with Gasteiger partial charge in [0, 0.05) is 22.2 Å². The number of rotatable bonds is 3. The Labute approximate surface area is 108 Å². The van der Waals surface area contributed by atoms with E-state index in [1.807, 2.05) is 31.2 Å². The van der Waals surface area contributed by atoms with Gasteiger partial charge >= 0.3 is 5.97 Å². The van der Waals surface area contributed by atoms with Crippen molar-refractivity contribution in [3.8, 4) is 0 Å². The van der Waals surface area contributed by atoms with E-state index in [9.17, 15) is 4.79 Å². The minimum atomic E-state index is -0.790. The quantitative estimate of drug-likeness (QED) is 0.940. The Morgan fingerprint density at radius 3 is 2.76 bits per heavy atom. The van der Waals surface area contributed by atoms with Gasteiger partial charge in [0.1, 0.15) is 0 Å². The molecule has 0 bridgehead atoms. The predicted molar refractivity (Wildman–Crippen MR) is 71.4 cm³/mol. The molecule has 2 rings (SSSR count). The van der Waals surface area contributed by atoms with Crippen LogP contribution in [-0.2, 0) is 11.3 Å². The second-order valence-corrected chi connectivity index (χ2v) is 4.99. The number of carboxylic acids is 1. The van der Waals surface area contributed by atoms with Crippen LogP contribution in [0.3, 0.4) is 0 Å². The van der Waals surface area contributed by atoms with Crippen LogP contribution in [0.5, 0.6) is 0 Å². The van der Waals surface area contributed by atoms with Crippen molar-refractivity contribution in [1.82, 2.24) is 4.57 Å². The summed E-state index contributed by atoms with van der Waals surface area (Å²) in [4.78, 5) is 11.1. The lowest BCUT2D eigenvalue weighted by Crippen LogP contribution is -2.12. The first kappa shape index (κ1) is 12.2. The molecule has 1 atom stereocenters. The summed E-state index contributed by atoms with van der Waals surface area (Å²) >= 11 is 3.44. The summed E-state index contributed by atoms with van der Waals surface area (Å²) in [6.07, 6.45) is 0. The summed E-state index contributed by atoms with van der Waals surface area (Å²) in [6.45, 7) is 4.52. The predicted octanol–water partition coefficient (Wildman–Crippen LogP) is 3.61. The van der Waals surface area contributed by atoms with Gasteiger partial charge in [-0.05, 0) is 37.4 Å².